The van der Waals surface area contributed by atoms with Crippen LogP contribution in [-0.4, -0.2) is 12.8 Å². The highest BCUT2D eigenvalue weighted by Crippen LogP contribution is 2.22. The molecule has 1 rings (SSSR count). The Morgan fingerprint density at radius 3 is 2.50 bits per heavy atom. The van der Waals surface area contributed by atoms with E-state index in [0.29, 0.717) is 0 Å². The fourth-order valence-corrected chi connectivity index (χ4v) is 1.67. The molecule has 0 aliphatic rings. The molecule has 0 bridgehead atoms. The fraction of sp³-hybridized carbons (Fsp3) is 0.467. The molecule has 0 fully saturated rings. The molecule has 18 heavy (non-hydrogen) atoms. The highest BCUT2D eigenvalue weighted by molar-refractivity contribution is 5.21. The van der Waals surface area contributed by atoms with E-state index < -0.39 is 5.79 Å². The number of ether oxygens (including phenoxy) is 2. The number of rotatable bonds is 7. The standard InChI is InChI=1S/C15H23NO2/c1-5-9-14(12-16-4)18-15(2,3)17-13-10-7-6-8-11-13/h6-8,10-12,16H,5,9H2,1-4H3/b14-12+. The Labute approximate surface area is 110 Å². The van der Waals surface area contributed by atoms with Crippen molar-refractivity contribution in [2.24, 2.45) is 0 Å². The van der Waals surface area contributed by atoms with Crippen LogP contribution in [0.1, 0.15) is 33.6 Å². The van der Waals surface area contributed by atoms with E-state index >= 15 is 0 Å². The van der Waals surface area contributed by atoms with Gasteiger partial charge in [0.2, 0.25) is 5.79 Å². The Morgan fingerprint density at radius 2 is 1.94 bits per heavy atom. The van der Waals surface area contributed by atoms with E-state index in [1.165, 1.54) is 0 Å². The van der Waals surface area contributed by atoms with Crippen LogP contribution in [0.3, 0.4) is 0 Å². The molecule has 3 heteroatoms. The van der Waals surface area contributed by atoms with Gasteiger partial charge in [-0.3, -0.25) is 0 Å². The normalized spacial score (nSPS) is 12.1. The van der Waals surface area contributed by atoms with Crippen molar-refractivity contribution in [1.29, 1.82) is 0 Å². The molecule has 1 N–H and O–H groups in total. The third kappa shape index (κ3) is 5.13. The Kier molecular flexibility index (Phi) is 5.56. The van der Waals surface area contributed by atoms with Gasteiger partial charge in [-0.15, -0.1) is 0 Å². The first kappa shape index (κ1) is 14.4. The van der Waals surface area contributed by atoms with Crippen molar-refractivity contribution in [1.82, 2.24) is 5.32 Å². The summed E-state index contributed by atoms with van der Waals surface area (Å²) >= 11 is 0. The van der Waals surface area contributed by atoms with E-state index in [2.05, 4.69) is 12.2 Å². The Bertz CT molecular complexity index is 371. The van der Waals surface area contributed by atoms with Crippen molar-refractivity contribution in [3.63, 3.8) is 0 Å². The van der Waals surface area contributed by atoms with Crippen LogP contribution in [0.2, 0.25) is 0 Å². The van der Waals surface area contributed by atoms with Crippen molar-refractivity contribution in [3.05, 3.63) is 42.3 Å². The maximum Gasteiger partial charge on any atom is 0.245 e. The second-order valence-corrected chi connectivity index (χ2v) is 4.57. The third-order valence-electron chi connectivity index (χ3n) is 2.29. The minimum absolute atomic E-state index is 0.681. The van der Waals surface area contributed by atoms with E-state index in [1.807, 2.05) is 57.4 Å². The topological polar surface area (TPSA) is 30.5 Å². The molecule has 0 spiro atoms. The second kappa shape index (κ2) is 6.94. The third-order valence-corrected chi connectivity index (χ3v) is 2.29. The lowest BCUT2D eigenvalue weighted by molar-refractivity contribution is -0.128. The van der Waals surface area contributed by atoms with E-state index in [1.54, 1.807) is 0 Å². The number of hydrogen-bond donors (Lipinski definition) is 1. The largest absolute Gasteiger partial charge is 0.456 e. The highest BCUT2D eigenvalue weighted by atomic mass is 16.7. The summed E-state index contributed by atoms with van der Waals surface area (Å²) in [6.45, 7) is 5.95. The van der Waals surface area contributed by atoms with Crippen LogP contribution in [0.25, 0.3) is 0 Å². The zero-order chi connectivity index (χ0) is 13.4. The van der Waals surface area contributed by atoms with Gasteiger partial charge in [0.1, 0.15) is 11.5 Å². The summed E-state index contributed by atoms with van der Waals surface area (Å²) in [7, 11) is 1.87. The first-order valence-electron chi connectivity index (χ1n) is 6.37. The van der Waals surface area contributed by atoms with Gasteiger partial charge in [-0.2, -0.15) is 0 Å². The van der Waals surface area contributed by atoms with Gasteiger partial charge in [0.15, 0.2) is 0 Å². The summed E-state index contributed by atoms with van der Waals surface area (Å²) in [5, 5.41) is 3.00. The van der Waals surface area contributed by atoms with E-state index in [-0.39, 0.29) is 0 Å². The molecule has 0 saturated heterocycles. The lowest BCUT2D eigenvalue weighted by Gasteiger charge is -2.28. The number of hydrogen-bond acceptors (Lipinski definition) is 3. The van der Waals surface area contributed by atoms with Gasteiger partial charge in [-0.05, 0) is 18.6 Å². The van der Waals surface area contributed by atoms with Gasteiger partial charge in [0, 0.05) is 33.5 Å². The maximum absolute atomic E-state index is 5.90. The van der Waals surface area contributed by atoms with Gasteiger partial charge in [0.25, 0.3) is 0 Å². The molecule has 0 atom stereocenters. The molecular weight excluding hydrogens is 226 g/mol. The van der Waals surface area contributed by atoms with Gasteiger partial charge in [-0.1, -0.05) is 25.1 Å². The molecule has 0 aliphatic heterocycles. The second-order valence-electron chi connectivity index (χ2n) is 4.57. The van der Waals surface area contributed by atoms with Crippen LogP contribution in [-0.2, 0) is 4.74 Å². The summed E-state index contributed by atoms with van der Waals surface area (Å²) in [4.78, 5) is 0. The van der Waals surface area contributed by atoms with Crippen molar-refractivity contribution in [3.8, 4) is 5.75 Å². The Balaban J connectivity index is 2.65. The number of para-hydroxylation sites is 1. The molecular formula is C15H23NO2. The fourth-order valence-electron chi connectivity index (χ4n) is 1.67. The summed E-state index contributed by atoms with van der Waals surface area (Å²) in [6, 6.07) is 9.70. The molecule has 0 saturated carbocycles. The Morgan fingerprint density at radius 1 is 1.28 bits per heavy atom. The summed E-state index contributed by atoms with van der Waals surface area (Å²) in [6.07, 6.45) is 3.80. The molecule has 0 aliphatic carbocycles. The maximum atomic E-state index is 5.90. The summed E-state index contributed by atoms with van der Waals surface area (Å²) < 4.78 is 11.7. The predicted octanol–water partition coefficient (Wildman–Crippen LogP) is 3.68. The average molecular weight is 249 g/mol. The molecule has 1 aromatic rings. The summed E-state index contributed by atoms with van der Waals surface area (Å²) in [5.41, 5.74) is 0. The molecule has 100 valence electrons. The van der Waals surface area contributed by atoms with E-state index in [9.17, 15) is 0 Å². The van der Waals surface area contributed by atoms with E-state index in [4.69, 9.17) is 9.47 Å². The predicted molar refractivity (Wildman–Crippen MR) is 74.3 cm³/mol. The monoisotopic (exact) mass is 249 g/mol. The zero-order valence-electron chi connectivity index (χ0n) is 11.7. The Hall–Kier alpha value is -1.64. The van der Waals surface area contributed by atoms with Gasteiger partial charge < -0.3 is 14.8 Å². The molecule has 0 heterocycles. The number of nitrogens with one attached hydrogen (secondary N) is 1. The first-order valence-corrected chi connectivity index (χ1v) is 6.37. The minimum atomic E-state index is -0.681. The average Bonchev–Trinajstić information content (AvgIpc) is 2.29. The van der Waals surface area contributed by atoms with Gasteiger partial charge >= 0.3 is 0 Å². The van der Waals surface area contributed by atoms with Gasteiger partial charge in [0.05, 0.1) is 0 Å². The van der Waals surface area contributed by atoms with Crippen molar-refractivity contribution in [2.75, 3.05) is 7.05 Å². The van der Waals surface area contributed by atoms with Crippen LogP contribution in [0.4, 0.5) is 0 Å². The highest BCUT2D eigenvalue weighted by Gasteiger charge is 2.22. The smallest absolute Gasteiger partial charge is 0.245 e. The molecule has 0 aromatic heterocycles. The van der Waals surface area contributed by atoms with Crippen molar-refractivity contribution in [2.45, 2.75) is 39.4 Å². The number of benzene rings is 1. The lowest BCUT2D eigenvalue weighted by atomic mass is 10.3. The molecule has 0 amide bonds. The minimum Gasteiger partial charge on any atom is -0.456 e. The zero-order valence-corrected chi connectivity index (χ0v) is 11.7. The molecule has 3 nitrogen and oxygen atoms in total. The van der Waals surface area contributed by atoms with Crippen LogP contribution in [0.15, 0.2) is 42.3 Å². The van der Waals surface area contributed by atoms with Crippen molar-refractivity contribution >= 4 is 0 Å². The van der Waals surface area contributed by atoms with Crippen molar-refractivity contribution < 1.29 is 9.47 Å². The summed E-state index contributed by atoms with van der Waals surface area (Å²) in [5.74, 6) is 1.03. The molecule has 1 aromatic carbocycles. The van der Waals surface area contributed by atoms with E-state index in [0.717, 1.165) is 24.4 Å². The first-order chi connectivity index (χ1) is 8.57. The molecule has 0 unspecified atom stereocenters. The van der Waals surface area contributed by atoms with Gasteiger partial charge in [-0.25, -0.2) is 0 Å². The number of allylic oxidation sites excluding steroid dienone is 1. The van der Waals surface area contributed by atoms with Crippen LogP contribution >= 0.6 is 0 Å². The SMILES string of the molecule is CCC/C(=C\NC)OC(C)(C)Oc1ccccc1. The lowest BCUT2D eigenvalue weighted by Crippen LogP contribution is -2.32. The van der Waals surface area contributed by atoms with Crippen LogP contribution < -0.4 is 10.1 Å². The molecule has 0 radical (unpaired) electrons. The van der Waals surface area contributed by atoms with Crippen LogP contribution in [0, 0.1) is 0 Å². The van der Waals surface area contributed by atoms with Crippen LogP contribution in [0.5, 0.6) is 5.75 Å². The quantitative estimate of drug-likeness (QED) is 0.590.